The number of likely N-dealkylation sites (tertiary alicyclic amines) is 1. The number of Topliss-reactive ketones (excluding diaryl/α,β-unsaturated/α-hetero) is 1. The van der Waals surface area contributed by atoms with E-state index in [1.807, 2.05) is 79.5 Å². The van der Waals surface area contributed by atoms with Gasteiger partial charge in [0.05, 0.1) is 19.0 Å². The van der Waals surface area contributed by atoms with Crippen molar-refractivity contribution in [3.05, 3.63) is 95.6 Å². The van der Waals surface area contributed by atoms with Crippen molar-refractivity contribution in [3.8, 4) is 0 Å². The van der Waals surface area contributed by atoms with E-state index in [2.05, 4.69) is 33.0 Å². The highest BCUT2D eigenvalue weighted by atomic mass is 16.2. The minimum Gasteiger partial charge on any atom is -0.380 e. The molecule has 222 valence electrons. The van der Waals surface area contributed by atoms with Crippen LogP contribution >= 0.6 is 0 Å². The van der Waals surface area contributed by atoms with E-state index in [4.69, 9.17) is 0 Å². The van der Waals surface area contributed by atoms with Crippen LogP contribution in [0, 0.1) is 0 Å². The monoisotopic (exact) mass is 568 g/mol. The van der Waals surface area contributed by atoms with Gasteiger partial charge in [0, 0.05) is 47.6 Å². The van der Waals surface area contributed by atoms with Crippen molar-refractivity contribution in [1.82, 2.24) is 14.7 Å². The Morgan fingerprint density at radius 1 is 0.976 bits per heavy atom. The molecule has 0 aromatic heterocycles. The molecule has 7 nitrogen and oxygen atoms in total. The Hall–Kier alpha value is -4.13. The molecule has 1 atom stereocenters. The Kier molecular flexibility index (Phi) is 9.71. The van der Waals surface area contributed by atoms with E-state index in [9.17, 15) is 14.4 Å². The van der Waals surface area contributed by atoms with Crippen LogP contribution in [0.15, 0.2) is 84.5 Å². The number of hydrogen-bond acceptors (Lipinski definition) is 5. The molecule has 2 aliphatic rings. The standard InChI is InChI=1S/C35H44N4O3/c1-7-25(2)33(28-15-17-29(18-16-28)36-35(4,5)6)34(42)38-21-20-37(23-26(38)3)24-31(40)30-14-11-19-39(30)32(41)22-27-12-9-8-10-13-27/h8-10,12-13,15-18,20-21,23,30,36H,7,11,14,19,22,24H2,1-6H3. The van der Waals surface area contributed by atoms with Crippen LogP contribution in [0.1, 0.15) is 71.9 Å². The fourth-order valence-electron chi connectivity index (χ4n) is 5.50. The molecule has 2 aromatic carbocycles. The van der Waals surface area contributed by atoms with Gasteiger partial charge in [-0.1, -0.05) is 55.0 Å². The molecule has 1 N–H and O–H groups in total. The summed E-state index contributed by atoms with van der Waals surface area (Å²) in [5, 5.41) is 3.46. The highest BCUT2D eigenvalue weighted by Crippen LogP contribution is 2.29. The maximum absolute atomic E-state index is 13.9. The predicted molar refractivity (Wildman–Crippen MR) is 169 cm³/mol. The van der Waals surface area contributed by atoms with Crippen molar-refractivity contribution in [2.75, 3.05) is 18.4 Å². The third-order valence-corrected chi connectivity index (χ3v) is 7.70. The Labute approximate surface area is 250 Å². The summed E-state index contributed by atoms with van der Waals surface area (Å²) < 4.78 is 0. The van der Waals surface area contributed by atoms with Gasteiger partial charge in [-0.15, -0.1) is 0 Å². The molecule has 0 spiro atoms. The summed E-state index contributed by atoms with van der Waals surface area (Å²) in [6.45, 7) is 13.0. The van der Waals surface area contributed by atoms with Gasteiger partial charge in [-0.25, -0.2) is 0 Å². The largest absolute Gasteiger partial charge is 0.380 e. The number of nitrogens with zero attached hydrogens (tertiary/aromatic N) is 3. The van der Waals surface area contributed by atoms with E-state index in [1.54, 1.807) is 22.2 Å². The van der Waals surface area contributed by atoms with E-state index in [0.29, 0.717) is 25.0 Å². The van der Waals surface area contributed by atoms with Gasteiger partial charge in [-0.2, -0.15) is 0 Å². The third kappa shape index (κ3) is 7.58. The second-order valence-electron chi connectivity index (χ2n) is 12.3. The number of carbonyl (C=O) groups is 3. The molecule has 42 heavy (non-hydrogen) atoms. The van der Waals surface area contributed by atoms with Gasteiger partial charge in [0.2, 0.25) is 5.91 Å². The van der Waals surface area contributed by atoms with Crippen LogP contribution in [-0.4, -0.2) is 57.0 Å². The number of benzene rings is 2. The molecule has 0 aliphatic carbocycles. The molecule has 0 saturated carbocycles. The highest BCUT2D eigenvalue weighted by Gasteiger charge is 2.34. The average Bonchev–Trinajstić information content (AvgIpc) is 3.44. The van der Waals surface area contributed by atoms with Crippen LogP contribution in [0.25, 0.3) is 5.57 Å². The number of ketones is 1. The molecule has 2 aliphatic heterocycles. The molecular formula is C35H44N4O3. The Balaban J connectivity index is 1.43. The second kappa shape index (κ2) is 13.2. The molecule has 0 bridgehead atoms. The van der Waals surface area contributed by atoms with Crippen molar-refractivity contribution >= 4 is 28.9 Å². The molecule has 2 aromatic rings. The zero-order chi connectivity index (χ0) is 30.4. The number of carbonyl (C=O) groups excluding carboxylic acids is 3. The minimum atomic E-state index is -0.416. The zero-order valence-electron chi connectivity index (χ0n) is 25.8. The smallest absolute Gasteiger partial charge is 0.262 e. The molecule has 1 unspecified atom stereocenters. The fraction of sp³-hybridized carbons (Fsp3) is 0.400. The number of rotatable bonds is 9. The highest BCUT2D eigenvalue weighted by molar-refractivity contribution is 6.21. The second-order valence-corrected chi connectivity index (χ2v) is 12.3. The quantitative estimate of drug-likeness (QED) is 0.357. The van der Waals surface area contributed by atoms with E-state index < -0.39 is 6.04 Å². The van der Waals surface area contributed by atoms with Crippen LogP contribution in [0.5, 0.6) is 0 Å². The van der Waals surface area contributed by atoms with Crippen LogP contribution in [0.2, 0.25) is 0 Å². The van der Waals surface area contributed by atoms with Gasteiger partial charge in [-0.05, 0) is 77.1 Å². The summed E-state index contributed by atoms with van der Waals surface area (Å²) in [4.78, 5) is 45.4. The van der Waals surface area contributed by atoms with Crippen molar-refractivity contribution in [3.63, 3.8) is 0 Å². The summed E-state index contributed by atoms with van der Waals surface area (Å²) in [5.41, 5.74) is 5.19. The summed E-state index contributed by atoms with van der Waals surface area (Å²) in [5.74, 6) is -0.105. The lowest BCUT2D eigenvalue weighted by Crippen LogP contribution is -2.44. The molecule has 2 amide bonds. The van der Waals surface area contributed by atoms with Crippen LogP contribution < -0.4 is 5.32 Å². The normalized spacial score (nSPS) is 17.6. The van der Waals surface area contributed by atoms with Crippen molar-refractivity contribution < 1.29 is 14.4 Å². The Bertz CT molecular complexity index is 1380. The first kappa shape index (κ1) is 30.8. The fourth-order valence-corrected chi connectivity index (χ4v) is 5.50. The summed E-state index contributed by atoms with van der Waals surface area (Å²) in [6.07, 6.45) is 7.88. The number of amides is 2. The molecular weight excluding hydrogens is 524 g/mol. The molecule has 2 heterocycles. The van der Waals surface area contributed by atoms with Crippen LogP contribution in [-0.2, 0) is 20.8 Å². The number of nitrogens with one attached hydrogen (secondary N) is 1. The van der Waals surface area contributed by atoms with E-state index in [1.165, 1.54) is 0 Å². The van der Waals surface area contributed by atoms with Gasteiger partial charge in [0.25, 0.3) is 5.91 Å². The zero-order valence-corrected chi connectivity index (χ0v) is 25.8. The van der Waals surface area contributed by atoms with Gasteiger partial charge < -0.3 is 15.1 Å². The lowest BCUT2D eigenvalue weighted by atomic mass is 9.97. The summed E-state index contributed by atoms with van der Waals surface area (Å²) in [6, 6.07) is 17.2. The van der Waals surface area contributed by atoms with Gasteiger partial charge in [0.15, 0.2) is 5.78 Å². The third-order valence-electron chi connectivity index (χ3n) is 7.70. The molecule has 7 heteroatoms. The van der Waals surface area contributed by atoms with Crippen LogP contribution in [0.3, 0.4) is 0 Å². The number of anilines is 1. The minimum absolute atomic E-state index is 0.00811. The van der Waals surface area contributed by atoms with E-state index >= 15 is 0 Å². The van der Waals surface area contributed by atoms with Crippen molar-refractivity contribution in [2.24, 2.45) is 0 Å². The first-order valence-corrected chi connectivity index (χ1v) is 14.9. The van der Waals surface area contributed by atoms with Crippen molar-refractivity contribution in [2.45, 2.75) is 78.8 Å². The maximum Gasteiger partial charge on any atom is 0.262 e. The molecule has 1 saturated heterocycles. The van der Waals surface area contributed by atoms with E-state index in [0.717, 1.165) is 40.9 Å². The SMILES string of the molecule is CCC(C)=C(C(=O)N1C=CN(CC(=O)C2CCCN2C(=O)Cc2ccccc2)C=C1C)c1ccc(NC(C)(C)C)cc1. The predicted octanol–water partition coefficient (Wildman–Crippen LogP) is 6.36. The molecule has 0 radical (unpaired) electrons. The lowest BCUT2D eigenvalue weighted by Gasteiger charge is -2.30. The first-order valence-electron chi connectivity index (χ1n) is 14.9. The number of allylic oxidation sites excluding steroid dienone is 2. The number of hydrogen-bond donors (Lipinski definition) is 1. The topological polar surface area (TPSA) is 73.0 Å². The van der Waals surface area contributed by atoms with Crippen LogP contribution in [0.4, 0.5) is 5.69 Å². The summed E-state index contributed by atoms with van der Waals surface area (Å²) in [7, 11) is 0. The van der Waals surface area contributed by atoms with Gasteiger partial charge in [-0.3, -0.25) is 19.3 Å². The molecule has 1 fully saturated rings. The molecule has 4 rings (SSSR count). The van der Waals surface area contributed by atoms with Crippen molar-refractivity contribution in [1.29, 1.82) is 0 Å². The summed E-state index contributed by atoms with van der Waals surface area (Å²) >= 11 is 0. The lowest BCUT2D eigenvalue weighted by molar-refractivity contribution is -0.137. The average molecular weight is 569 g/mol. The first-order chi connectivity index (χ1) is 20.0. The Morgan fingerprint density at radius 2 is 1.67 bits per heavy atom. The van der Waals surface area contributed by atoms with Gasteiger partial charge in [0.1, 0.15) is 0 Å². The van der Waals surface area contributed by atoms with Gasteiger partial charge >= 0.3 is 0 Å². The Morgan fingerprint density at radius 3 is 2.29 bits per heavy atom. The maximum atomic E-state index is 13.9. The van der Waals surface area contributed by atoms with E-state index in [-0.39, 0.29) is 29.7 Å².